The highest BCUT2D eigenvalue weighted by Crippen LogP contribution is 2.56. The first-order valence-electron chi connectivity index (χ1n) is 12.5. The average Bonchev–Trinajstić information content (AvgIpc) is 3.63. The van der Waals surface area contributed by atoms with Gasteiger partial charge in [-0.25, -0.2) is 4.90 Å². The molecule has 2 aromatic rings. The number of nitro benzene ring substituents is 1. The van der Waals surface area contributed by atoms with Crippen LogP contribution in [0.4, 0.5) is 17.1 Å². The third-order valence-electron chi connectivity index (χ3n) is 8.39. The number of aryl methyl sites for hydroxylation is 1. The first-order valence-corrected chi connectivity index (χ1v) is 12.5. The van der Waals surface area contributed by atoms with E-state index >= 15 is 0 Å². The number of carbonyl (C=O) groups excluding carboxylic acids is 4. The van der Waals surface area contributed by atoms with Crippen molar-refractivity contribution in [3.8, 4) is 5.75 Å². The van der Waals surface area contributed by atoms with Gasteiger partial charge in [-0.1, -0.05) is 0 Å². The second-order valence-corrected chi connectivity index (χ2v) is 10.4. The summed E-state index contributed by atoms with van der Waals surface area (Å²) in [6, 6.07) is 10.4. The normalized spacial score (nSPS) is 28.2. The van der Waals surface area contributed by atoms with E-state index in [1.54, 1.807) is 25.1 Å². The van der Waals surface area contributed by atoms with E-state index in [0.29, 0.717) is 28.8 Å². The third-order valence-corrected chi connectivity index (χ3v) is 8.39. The molecule has 4 aliphatic rings. The van der Waals surface area contributed by atoms with Crippen molar-refractivity contribution in [2.45, 2.75) is 32.6 Å². The number of benzene rings is 2. The lowest BCUT2D eigenvalue weighted by atomic mass is 9.81. The van der Waals surface area contributed by atoms with Crippen molar-refractivity contribution in [3.63, 3.8) is 0 Å². The molecule has 4 fully saturated rings. The van der Waals surface area contributed by atoms with E-state index in [0.717, 1.165) is 19.3 Å². The molecule has 0 aromatic heterocycles. The zero-order valence-corrected chi connectivity index (χ0v) is 20.2. The molecule has 10 heteroatoms. The zero-order chi connectivity index (χ0) is 26.0. The number of imide groups is 1. The molecule has 3 amide bonds. The molecule has 2 heterocycles. The van der Waals surface area contributed by atoms with Gasteiger partial charge < -0.3 is 9.64 Å². The summed E-state index contributed by atoms with van der Waals surface area (Å²) in [4.78, 5) is 64.7. The van der Waals surface area contributed by atoms with E-state index in [1.807, 2.05) is 0 Å². The van der Waals surface area contributed by atoms with Gasteiger partial charge in [0.1, 0.15) is 5.75 Å². The van der Waals surface area contributed by atoms with Crippen molar-refractivity contribution in [3.05, 3.63) is 58.1 Å². The first-order chi connectivity index (χ1) is 17.7. The molecule has 0 spiro atoms. The van der Waals surface area contributed by atoms with Crippen LogP contribution in [0.1, 0.15) is 31.2 Å². The van der Waals surface area contributed by atoms with Gasteiger partial charge in [-0.3, -0.25) is 29.3 Å². The Bertz CT molecular complexity index is 1330. The molecule has 0 radical (unpaired) electrons. The lowest BCUT2D eigenvalue weighted by Gasteiger charge is -2.20. The number of rotatable bonds is 5. The number of hydrogen-bond donors (Lipinski definition) is 0. The van der Waals surface area contributed by atoms with Gasteiger partial charge in [0.2, 0.25) is 17.7 Å². The maximum absolute atomic E-state index is 13.2. The summed E-state index contributed by atoms with van der Waals surface area (Å²) >= 11 is 0. The Morgan fingerprint density at radius 3 is 2.24 bits per heavy atom. The van der Waals surface area contributed by atoms with Crippen LogP contribution in [-0.2, 0) is 19.2 Å². The Morgan fingerprint density at radius 2 is 1.65 bits per heavy atom. The summed E-state index contributed by atoms with van der Waals surface area (Å²) in [7, 11) is 0. The molecule has 0 N–H and O–H groups in total. The molecule has 2 aliphatic carbocycles. The van der Waals surface area contributed by atoms with E-state index in [-0.39, 0.29) is 54.0 Å². The Labute approximate surface area is 212 Å². The number of amides is 3. The number of carbonyl (C=O) groups is 4. The number of ether oxygens (including phenoxy) is 1. The quantitative estimate of drug-likeness (QED) is 0.201. The van der Waals surface area contributed by atoms with Crippen LogP contribution in [0, 0.1) is 46.6 Å². The van der Waals surface area contributed by atoms with Gasteiger partial charge in [0.05, 0.1) is 28.4 Å². The number of anilines is 2. The number of nitro groups is 1. The summed E-state index contributed by atoms with van der Waals surface area (Å²) < 4.78 is 5.56. The van der Waals surface area contributed by atoms with Crippen LogP contribution < -0.4 is 14.5 Å². The molecule has 2 aromatic carbocycles. The summed E-state index contributed by atoms with van der Waals surface area (Å²) in [5.74, 6) is -1.31. The number of nitrogens with zero attached hydrogens (tertiary/aromatic N) is 3. The smallest absolute Gasteiger partial charge is 0.316 e. The van der Waals surface area contributed by atoms with Gasteiger partial charge in [0.15, 0.2) is 0 Å². The lowest BCUT2D eigenvalue weighted by Crippen LogP contribution is -2.33. The first kappa shape index (κ1) is 23.3. The van der Waals surface area contributed by atoms with Gasteiger partial charge in [-0.05, 0) is 73.9 Å². The average molecular weight is 504 g/mol. The van der Waals surface area contributed by atoms with Gasteiger partial charge in [0.25, 0.3) is 5.69 Å². The van der Waals surface area contributed by atoms with Crippen LogP contribution in [0.5, 0.6) is 5.75 Å². The second-order valence-electron chi connectivity index (χ2n) is 10.4. The molecule has 190 valence electrons. The zero-order valence-electron chi connectivity index (χ0n) is 20.2. The van der Waals surface area contributed by atoms with Crippen molar-refractivity contribution in [1.82, 2.24) is 0 Å². The molecule has 2 bridgehead atoms. The minimum absolute atomic E-state index is 0.0330. The Balaban J connectivity index is 1.14. The van der Waals surface area contributed by atoms with Gasteiger partial charge in [0, 0.05) is 30.8 Å². The molecule has 37 heavy (non-hydrogen) atoms. The number of esters is 1. The van der Waals surface area contributed by atoms with Crippen molar-refractivity contribution in [2.24, 2.45) is 29.6 Å². The molecule has 2 saturated carbocycles. The fraction of sp³-hybridized carbons (Fsp3) is 0.407. The summed E-state index contributed by atoms with van der Waals surface area (Å²) in [6.07, 6.45) is 2.96. The van der Waals surface area contributed by atoms with Crippen molar-refractivity contribution in [1.29, 1.82) is 0 Å². The van der Waals surface area contributed by atoms with E-state index in [2.05, 4.69) is 0 Å². The molecule has 10 nitrogen and oxygen atoms in total. The van der Waals surface area contributed by atoms with Crippen molar-refractivity contribution in [2.75, 3.05) is 16.3 Å². The van der Waals surface area contributed by atoms with E-state index in [9.17, 15) is 29.3 Å². The van der Waals surface area contributed by atoms with E-state index < -0.39 is 16.8 Å². The minimum atomic E-state index is -0.695. The monoisotopic (exact) mass is 503 g/mol. The number of fused-ring (bicyclic) bond motifs is 5. The Kier molecular flexibility index (Phi) is 5.36. The second kappa shape index (κ2) is 8.50. The largest absolute Gasteiger partial charge is 0.426 e. The van der Waals surface area contributed by atoms with Gasteiger partial charge in [-0.2, -0.15) is 0 Å². The molecular weight excluding hydrogens is 478 g/mol. The molecule has 6 rings (SSSR count). The summed E-state index contributed by atoms with van der Waals surface area (Å²) in [6.45, 7) is 1.87. The maximum Gasteiger partial charge on any atom is 0.316 e. The van der Waals surface area contributed by atoms with E-state index in [4.69, 9.17) is 4.74 Å². The fourth-order valence-electron chi connectivity index (χ4n) is 6.66. The predicted molar refractivity (Wildman–Crippen MR) is 131 cm³/mol. The molecule has 0 unspecified atom stereocenters. The topological polar surface area (TPSA) is 127 Å². The molecule has 2 aliphatic heterocycles. The van der Waals surface area contributed by atoms with Gasteiger partial charge in [-0.15, -0.1) is 0 Å². The Morgan fingerprint density at radius 1 is 1.00 bits per heavy atom. The van der Waals surface area contributed by atoms with Crippen LogP contribution >= 0.6 is 0 Å². The highest BCUT2D eigenvalue weighted by Gasteiger charge is 2.61. The van der Waals surface area contributed by atoms with Crippen LogP contribution in [0.3, 0.4) is 0 Å². The highest BCUT2D eigenvalue weighted by molar-refractivity contribution is 6.23. The fourth-order valence-corrected chi connectivity index (χ4v) is 6.66. The SMILES string of the molecule is Cc1cc(OC(=O)[C@H]2CC(=O)N(c3ccc([N+](=O)[O-])cc3)C2)ccc1N1C(=O)[C@@H]2[C@H]3CC[C@@H](C3)[C@@H]2C1=O. The number of non-ortho nitro benzene ring substituents is 1. The lowest BCUT2D eigenvalue weighted by molar-refractivity contribution is -0.384. The summed E-state index contributed by atoms with van der Waals surface area (Å²) in [5.41, 5.74) is 1.56. The molecular formula is C27H25N3O7. The molecule has 2 saturated heterocycles. The van der Waals surface area contributed by atoms with Crippen molar-refractivity contribution < 1.29 is 28.8 Å². The minimum Gasteiger partial charge on any atom is -0.426 e. The standard InChI is InChI=1S/C27H25N3O7/c1-14-10-20(8-9-21(14)29-25(32)23-15-2-3-16(11-15)24(23)26(29)33)37-27(34)17-12-22(31)28(13-17)18-4-6-19(7-5-18)30(35)36/h4-10,15-17,23-24H,2-3,11-13H2,1H3/t15-,16-,17-,23-,24+/m0/s1. The van der Waals surface area contributed by atoms with Crippen LogP contribution in [-0.4, -0.2) is 35.2 Å². The van der Waals surface area contributed by atoms with Gasteiger partial charge >= 0.3 is 5.97 Å². The van der Waals surface area contributed by atoms with Crippen LogP contribution in [0.2, 0.25) is 0 Å². The molecule has 5 atom stereocenters. The highest BCUT2D eigenvalue weighted by atomic mass is 16.6. The third kappa shape index (κ3) is 3.70. The van der Waals surface area contributed by atoms with Crippen LogP contribution in [0.15, 0.2) is 42.5 Å². The van der Waals surface area contributed by atoms with E-state index in [1.165, 1.54) is 34.1 Å². The maximum atomic E-state index is 13.2. The summed E-state index contributed by atoms with van der Waals surface area (Å²) in [5, 5.41) is 10.9. The predicted octanol–water partition coefficient (Wildman–Crippen LogP) is 3.40. The van der Waals surface area contributed by atoms with Crippen LogP contribution in [0.25, 0.3) is 0 Å². The Hall–Kier alpha value is -4.08. The van der Waals surface area contributed by atoms with Crippen molar-refractivity contribution >= 4 is 40.8 Å². The number of hydrogen-bond acceptors (Lipinski definition) is 7.